The molecule has 1 aliphatic rings. The predicted octanol–water partition coefficient (Wildman–Crippen LogP) is 2.39. The van der Waals surface area contributed by atoms with Gasteiger partial charge in [-0.2, -0.15) is 5.26 Å². The fourth-order valence-electron chi connectivity index (χ4n) is 2.44. The minimum atomic E-state index is 0.406. The van der Waals surface area contributed by atoms with E-state index in [0.717, 1.165) is 22.9 Å². The summed E-state index contributed by atoms with van der Waals surface area (Å²) in [7, 11) is 0. The SMILES string of the molecule is N#Cc1ccc(Sc2nnnn2C2CCCC2)cc1N. The van der Waals surface area contributed by atoms with Crippen LogP contribution in [0.3, 0.4) is 0 Å². The lowest BCUT2D eigenvalue weighted by Gasteiger charge is -2.10. The second-order valence-electron chi connectivity index (χ2n) is 4.81. The molecule has 0 bridgehead atoms. The van der Waals surface area contributed by atoms with E-state index in [4.69, 9.17) is 11.0 Å². The van der Waals surface area contributed by atoms with Gasteiger partial charge >= 0.3 is 0 Å². The van der Waals surface area contributed by atoms with E-state index in [1.807, 2.05) is 10.7 Å². The molecule has 102 valence electrons. The molecule has 2 N–H and O–H groups in total. The van der Waals surface area contributed by atoms with Crippen molar-refractivity contribution in [2.45, 2.75) is 41.8 Å². The molecule has 1 aliphatic carbocycles. The number of tetrazole rings is 1. The summed E-state index contributed by atoms with van der Waals surface area (Å²) in [6.45, 7) is 0. The molecule has 1 saturated carbocycles. The van der Waals surface area contributed by atoms with Crippen LogP contribution in [0.15, 0.2) is 28.3 Å². The molecule has 0 unspecified atom stereocenters. The molecule has 0 atom stereocenters. The molecule has 1 heterocycles. The van der Waals surface area contributed by atoms with E-state index in [1.54, 1.807) is 12.1 Å². The molecule has 6 nitrogen and oxygen atoms in total. The second-order valence-corrected chi connectivity index (χ2v) is 5.85. The Morgan fingerprint density at radius 3 is 2.85 bits per heavy atom. The van der Waals surface area contributed by atoms with Gasteiger partial charge in [0.05, 0.1) is 17.3 Å². The van der Waals surface area contributed by atoms with E-state index < -0.39 is 0 Å². The Balaban J connectivity index is 1.83. The van der Waals surface area contributed by atoms with Crippen molar-refractivity contribution in [3.63, 3.8) is 0 Å². The van der Waals surface area contributed by atoms with Gasteiger partial charge in [-0.1, -0.05) is 12.8 Å². The smallest absolute Gasteiger partial charge is 0.214 e. The Bertz CT molecular complexity index is 653. The summed E-state index contributed by atoms with van der Waals surface area (Å²) < 4.78 is 1.91. The Morgan fingerprint density at radius 1 is 1.35 bits per heavy atom. The summed E-state index contributed by atoms with van der Waals surface area (Å²) in [6, 6.07) is 7.84. The molecule has 0 aliphatic heterocycles. The molecule has 1 aromatic carbocycles. The van der Waals surface area contributed by atoms with Crippen molar-refractivity contribution in [1.82, 2.24) is 20.2 Å². The third-order valence-corrected chi connectivity index (χ3v) is 4.43. The molecule has 7 heteroatoms. The highest BCUT2D eigenvalue weighted by Gasteiger charge is 2.21. The van der Waals surface area contributed by atoms with Gasteiger partial charge in [0.15, 0.2) is 0 Å². The van der Waals surface area contributed by atoms with Crippen LogP contribution in [0.25, 0.3) is 0 Å². The number of hydrogen-bond donors (Lipinski definition) is 1. The zero-order valence-electron chi connectivity index (χ0n) is 10.9. The van der Waals surface area contributed by atoms with Gasteiger partial charge in [0, 0.05) is 4.90 Å². The van der Waals surface area contributed by atoms with Crippen molar-refractivity contribution in [2.24, 2.45) is 0 Å². The van der Waals surface area contributed by atoms with E-state index in [9.17, 15) is 0 Å². The van der Waals surface area contributed by atoms with Crippen molar-refractivity contribution in [1.29, 1.82) is 5.26 Å². The summed E-state index contributed by atoms with van der Waals surface area (Å²) in [5.74, 6) is 0. The number of nitriles is 1. The summed E-state index contributed by atoms with van der Waals surface area (Å²) in [5, 5.41) is 21.6. The molecule has 2 aromatic rings. The van der Waals surface area contributed by atoms with Crippen LogP contribution in [0.4, 0.5) is 5.69 Å². The highest BCUT2D eigenvalue weighted by atomic mass is 32.2. The van der Waals surface area contributed by atoms with Crippen LogP contribution >= 0.6 is 11.8 Å². The largest absolute Gasteiger partial charge is 0.398 e. The normalized spacial score (nSPS) is 15.3. The standard InChI is InChI=1S/C13H14N6S/c14-8-9-5-6-11(7-12(9)15)20-13-16-17-18-19(13)10-3-1-2-4-10/h5-7,10H,1-4,15H2. The summed E-state index contributed by atoms with van der Waals surface area (Å²) >= 11 is 1.48. The number of nitrogen functional groups attached to an aromatic ring is 1. The van der Waals surface area contributed by atoms with Crippen molar-refractivity contribution in [3.8, 4) is 6.07 Å². The molecular formula is C13H14N6S. The maximum absolute atomic E-state index is 8.88. The lowest BCUT2D eigenvalue weighted by atomic mass is 10.2. The lowest BCUT2D eigenvalue weighted by molar-refractivity contribution is 0.423. The minimum absolute atomic E-state index is 0.406. The van der Waals surface area contributed by atoms with Crippen LogP contribution in [0.5, 0.6) is 0 Å². The molecular weight excluding hydrogens is 272 g/mol. The summed E-state index contributed by atoms with van der Waals surface area (Å²) in [4.78, 5) is 0.940. The quantitative estimate of drug-likeness (QED) is 0.871. The number of nitrogens with zero attached hydrogens (tertiary/aromatic N) is 5. The monoisotopic (exact) mass is 286 g/mol. The summed E-state index contributed by atoms with van der Waals surface area (Å²) in [5.41, 5.74) is 6.80. The number of benzene rings is 1. The average molecular weight is 286 g/mol. The Hall–Kier alpha value is -2.07. The van der Waals surface area contributed by atoms with Crippen molar-refractivity contribution in [2.75, 3.05) is 5.73 Å². The molecule has 20 heavy (non-hydrogen) atoms. The van der Waals surface area contributed by atoms with Gasteiger partial charge < -0.3 is 5.73 Å². The zero-order chi connectivity index (χ0) is 13.9. The number of nitrogens with two attached hydrogens (primary N) is 1. The van der Waals surface area contributed by atoms with E-state index in [1.165, 1.54) is 24.6 Å². The van der Waals surface area contributed by atoms with Crippen LogP contribution in [0.2, 0.25) is 0 Å². The first kappa shape index (κ1) is 12.9. The van der Waals surface area contributed by atoms with Gasteiger partial charge in [-0.25, -0.2) is 4.68 Å². The summed E-state index contributed by atoms with van der Waals surface area (Å²) in [6.07, 6.45) is 4.74. The minimum Gasteiger partial charge on any atom is -0.398 e. The maximum Gasteiger partial charge on any atom is 0.214 e. The van der Waals surface area contributed by atoms with Crippen molar-refractivity contribution in [3.05, 3.63) is 23.8 Å². The predicted molar refractivity (Wildman–Crippen MR) is 75.0 cm³/mol. The van der Waals surface area contributed by atoms with Gasteiger partial charge in [-0.05, 0) is 53.2 Å². The van der Waals surface area contributed by atoms with E-state index in [-0.39, 0.29) is 0 Å². The number of aromatic nitrogens is 4. The number of rotatable bonds is 3. The highest BCUT2D eigenvalue weighted by Crippen LogP contribution is 2.34. The van der Waals surface area contributed by atoms with Crippen LogP contribution in [0.1, 0.15) is 37.3 Å². The molecule has 0 saturated heterocycles. The molecule has 3 rings (SSSR count). The van der Waals surface area contributed by atoms with Crippen LogP contribution in [-0.4, -0.2) is 20.2 Å². The van der Waals surface area contributed by atoms with Gasteiger partial charge in [0.2, 0.25) is 5.16 Å². The fourth-order valence-corrected chi connectivity index (χ4v) is 3.33. The second kappa shape index (κ2) is 5.51. The molecule has 1 aromatic heterocycles. The van der Waals surface area contributed by atoms with E-state index >= 15 is 0 Å². The number of hydrogen-bond acceptors (Lipinski definition) is 6. The average Bonchev–Trinajstić information content (AvgIpc) is 3.09. The first-order valence-corrected chi connectivity index (χ1v) is 7.35. The van der Waals surface area contributed by atoms with Gasteiger partial charge in [-0.3, -0.25) is 0 Å². The topological polar surface area (TPSA) is 93.4 Å². The Kier molecular flexibility index (Phi) is 3.56. The first-order valence-electron chi connectivity index (χ1n) is 6.53. The molecule has 0 radical (unpaired) electrons. The molecule has 1 fully saturated rings. The first-order chi connectivity index (χ1) is 9.78. The number of anilines is 1. The Labute approximate surface area is 121 Å². The van der Waals surface area contributed by atoms with Crippen LogP contribution < -0.4 is 5.73 Å². The van der Waals surface area contributed by atoms with E-state index in [0.29, 0.717) is 17.3 Å². The van der Waals surface area contributed by atoms with E-state index in [2.05, 4.69) is 21.6 Å². The van der Waals surface area contributed by atoms with Gasteiger partial charge in [0.1, 0.15) is 6.07 Å². The molecule has 0 amide bonds. The zero-order valence-corrected chi connectivity index (χ0v) is 11.7. The van der Waals surface area contributed by atoms with Gasteiger partial charge in [-0.15, -0.1) is 5.10 Å². The maximum atomic E-state index is 8.88. The highest BCUT2D eigenvalue weighted by molar-refractivity contribution is 7.99. The van der Waals surface area contributed by atoms with Crippen molar-refractivity contribution < 1.29 is 0 Å². The third kappa shape index (κ3) is 2.47. The van der Waals surface area contributed by atoms with Gasteiger partial charge in [0.25, 0.3) is 0 Å². The molecule has 0 spiro atoms. The third-order valence-electron chi connectivity index (χ3n) is 3.49. The van der Waals surface area contributed by atoms with Crippen LogP contribution in [-0.2, 0) is 0 Å². The van der Waals surface area contributed by atoms with Crippen molar-refractivity contribution >= 4 is 17.4 Å². The lowest BCUT2D eigenvalue weighted by Crippen LogP contribution is -2.08. The Morgan fingerprint density at radius 2 is 2.15 bits per heavy atom. The van der Waals surface area contributed by atoms with Crippen LogP contribution in [0, 0.1) is 11.3 Å². The fraction of sp³-hybridized carbons (Fsp3) is 0.385.